The molecule has 7 nitrogen and oxygen atoms in total. The third-order valence-electron chi connectivity index (χ3n) is 4.17. The Morgan fingerprint density at radius 1 is 1.24 bits per heavy atom. The van der Waals surface area contributed by atoms with Gasteiger partial charge in [-0.25, -0.2) is 0 Å². The van der Waals surface area contributed by atoms with Crippen molar-refractivity contribution in [2.75, 3.05) is 16.8 Å². The summed E-state index contributed by atoms with van der Waals surface area (Å²) in [5.41, 5.74) is 2.12. The lowest BCUT2D eigenvalue weighted by atomic mass is 10.1. The number of carbonyl (C=O) groups excluding carboxylic acids is 2. The molecule has 0 aromatic heterocycles. The third kappa shape index (κ3) is 3.65. The largest absolute Gasteiger partial charge is 0.326 e. The smallest absolute Gasteiger partial charge is 0.271 e. The van der Waals surface area contributed by atoms with Crippen LogP contribution in [0.15, 0.2) is 48.5 Å². The Morgan fingerprint density at radius 3 is 2.64 bits per heavy atom. The first kappa shape index (κ1) is 16.6. The van der Waals surface area contributed by atoms with E-state index in [1.165, 1.54) is 23.1 Å². The molecule has 1 atom stereocenters. The molecule has 128 valence electrons. The standard InChI is InChI=1S/C18H17N3O4/c1-12-5-7-14(8-6-12)19-18(23)13-9-17(22)20(11-13)15-3-2-4-16(10-15)21(24)25/h2-8,10,13H,9,11H2,1H3,(H,19,23)/t13-/m0/s1. The van der Waals surface area contributed by atoms with Crippen LogP contribution in [0.1, 0.15) is 12.0 Å². The molecule has 1 fully saturated rings. The van der Waals surface area contributed by atoms with Crippen molar-refractivity contribution in [3.8, 4) is 0 Å². The number of benzene rings is 2. The minimum Gasteiger partial charge on any atom is -0.326 e. The maximum absolute atomic E-state index is 12.4. The number of nitro groups is 1. The molecule has 0 aliphatic carbocycles. The molecule has 2 aromatic rings. The van der Waals surface area contributed by atoms with E-state index in [1.54, 1.807) is 6.07 Å². The van der Waals surface area contributed by atoms with Crippen LogP contribution in [0, 0.1) is 23.0 Å². The van der Waals surface area contributed by atoms with Crippen LogP contribution in [-0.2, 0) is 9.59 Å². The molecule has 2 amide bonds. The normalized spacial score (nSPS) is 16.8. The Morgan fingerprint density at radius 2 is 1.96 bits per heavy atom. The third-order valence-corrected chi connectivity index (χ3v) is 4.17. The number of nitrogens with zero attached hydrogens (tertiary/aromatic N) is 2. The average Bonchev–Trinajstić information content (AvgIpc) is 2.99. The fourth-order valence-electron chi connectivity index (χ4n) is 2.79. The lowest BCUT2D eigenvalue weighted by Crippen LogP contribution is -2.28. The van der Waals surface area contributed by atoms with Crippen molar-refractivity contribution in [3.63, 3.8) is 0 Å². The average molecular weight is 339 g/mol. The van der Waals surface area contributed by atoms with Crippen molar-refractivity contribution >= 4 is 28.9 Å². The van der Waals surface area contributed by atoms with Gasteiger partial charge in [-0.05, 0) is 25.1 Å². The van der Waals surface area contributed by atoms with Gasteiger partial charge in [0, 0.05) is 30.8 Å². The maximum atomic E-state index is 12.4. The molecule has 7 heteroatoms. The fraction of sp³-hybridized carbons (Fsp3) is 0.222. The van der Waals surface area contributed by atoms with Gasteiger partial charge in [0.2, 0.25) is 11.8 Å². The first-order valence-corrected chi connectivity index (χ1v) is 7.86. The van der Waals surface area contributed by atoms with Gasteiger partial charge < -0.3 is 10.2 Å². The Kier molecular flexibility index (Phi) is 4.47. The van der Waals surface area contributed by atoms with Crippen LogP contribution in [0.3, 0.4) is 0 Å². The highest BCUT2D eigenvalue weighted by Gasteiger charge is 2.35. The Hall–Kier alpha value is -3.22. The summed E-state index contributed by atoms with van der Waals surface area (Å²) < 4.78 is 0. The van der Waals surface area contributed by atoms with E-state index < -0.39 is 10.8 Å². The van der Waals surface area contributed by atoms with Gasteiger partial charge >= 0.3 is 0 Å². The molecule has 0 radical (unpaired) electrons. The number of amides is 2. The summed E-state index contributed by atoms with van der Waals surface area (Å²) in [4.78, 5) is 36.4. The summed E-state index contributed by atoms with van der Waals surface area (Å²) in [5, 5.41) is 13.7. The van der Waals surface area contributed by atoms with Crippen LogP contribution in [-0.4, -0.2) is 23.3 Å². The zero-order valence-corrected chi connectivity index (χ0v) is 13.6. The van der Waals surface area contributed by atoms with Crippen LogP contribution in [0.4, 0.5) is 17.1 Å². The first-order valence-electron chi connectivity index (χ1n) is 7.86. The molecular weight excluding hydrogens is 322 g/mol. The maximum Gasteiger partial charge on any atom is 0.271 e. The molecule has 2 aromatic carbocycles. The van der Waals surface area contributed by atoms with E-state index in [1.807, 2.05) is 31.2 Å². The predicted octanol–water partition coefficient (Wildman–Crippen LogP) is 2.89. The van der Waals surface area contributed by atoms with Gasteiger partial charge in [0.1, 0.15) is 0 Å². The number of aryl methyl sites for hydroxylation is 1. The van der Waals surface area contributed by atoms with E-state index >= 15 is 0 Å². The topological polar surface area (TPSA) is 92.6 Å². The van der Waals surface area contributed by atoms with Crippen molar-refractivity contribution in [1.29, 1.82) is 0 Å². The minimum atomic E-state index is -0.508. The summed E-state index contributed by atoms with van der Waals surface area (Å²) in [6, 6.07) is 13.3. The predicted molar refractivity (Wildman–Crippen MR) is 93.4 cm³/mol. The Balaban J connectivity index is 1.71. The minimum absolute atomic E-state index is 0.0837. The molecule has 1 aliphatic heterocycles. The number of anilines is 2. The lowest BCUT2D eigenvalue weighted by Gasteiger charge is -2.16. The van der Waals surface area contributed by atoms with Crippen molar-refractivity contribution in [2.45, 2.75) is 13.3 Å². The van der Waals surface area contributed by atoms with Gasteiger partial charge in [0.25, 0.3) is 5.69 Å². The second-order valence-electron chi connectivity index (χ2n) is 6.04. The van der Waals surface area contributed by atoms with Crippen molar-refractivity contribution in [1.82, 2.24) is 0 Å². The molecule has 1 aliphatic rings. The highest BCUT2D eigenvalue weighted by molar-refractivity contribution is 6.03. The van der Waals surface area contributed by atoms with E-state index in [2.05, 4.69) is 5.32 Å². The number of hydrogen-bond donors (Lipinski definition) is 1. The zero-order chi connectivity index (χ0) is 18.0. The van der Waals surface area contributed by atoms with E-state index in [9.17, 15) is 19.7 Å². The van der Waals surface area contributed by atoms with Gasteiger partial charge in [-0.2, -0.15) is 0 Å². The van der Waals surface area contributed by atoms with E-state index in [0.717, 1.165) is 5.56 Å². The Labute approximate surface area is 144 Å². The van der Waals surface area contributed by atoms with E-state index in [0.29, 0.717) is 11.4 Å². The van der Waals surface area contributed by atoms with Crippen molar-refractivity contribution in [2.24, 2.45) is 5.92 Å². The van der Waals surface area contributed by atoms with E-state index in [-0.39, 0.29) is 30.5 Å². The van der Waals surface area contributed by atoms with Gasteiger partial charge in [0.05, 0.1) is 16.5 Å². The monoisotopic (exact) mass is 339 g/mol. The number of non-ortho nitro benzene ring substituents is 1. The highest BCUT2D eigenvalue weighted by atomic mass is 16.6. The summed E-state index contributed by atoms with van der Waals surface area (Å²) in [6.45, 7) is 2.16. The summed E-state index contributed by atoms with van der Waals surface area (Å²) >= 11 is 0. The number of nitro benzene ring substituents is 1. The fourth-order valence-corrected chi connectivity index (χ4v) is 2.79. The zero-order valence-electron chi connectivity index (χ0n) is 13.6. The molecule has 0 unspecified atom stereocenters. The molecule has 1 heterocycles. The van der Waals surface area contributed by atoms with Crippen molar-refractivity contribution < 1.29 is 14.5 Å². The lowest BCUT2D eigenvalue weighted by molar-refractivity contribution is -0.384. The van der Waals surface area contributed by atoms with Gasteiger partial charge in [-0.15, -0.1) is 0 Å². The molecule has 1 N–H and O–H groups in total. The molecule has 25 heavy (non-hydrogen) atoms. The molecular formula is C18H17N3O4. The number of hydrogen-bond acceptors (Lipinski definition) is 4. The highest BCUT2D eigenvalue weighted by Crippen LogP contribution is 2.28. The molecule has 1 saturated heterocycles. The quantitative estimate of drug-likeness (QED) is 0.685. The van der Waals surface area contributed by atoms with Gasteiger partial charge in [0.15, 0.2) is 0 Å². The van der Waals surface area contributed by atoms with E-state index in [4.69, 9.17) is 0 Å². The molecule has 0 saturated carbocycles. The summed E-state index contributed by atoms with van der Waals surface area (Å²) in [7, 11) is 0. The summed E-state index contributed by atoms with van der Waals surface area (Å²) in [5.74, 6) is -0.942. The first-order chi connectivity index (χ1) is 11.9. The number of rotatable bonds is 4. The molecule has 0 bridgehead atoms. The van der Waals surface area contributed by atoms with Crippen LogP contribution < -0.4 is 10.2 Å². The Bertz CT molecular complexity index is 832. The van der Waals surface area contributed by atoms with Gasteiger partial charge in [-0.3, -0.25) is 19.7 Å². The molecule has 0 spiro atoms. The van der Waals surface area contributed by atoms with Gasteiger partial charge in [-0.1, -0.05) is 23.8 Å². The van der Waals surface area contributed by atoms with Crippen molar-refractivity contribution in [3.05, 3.63) is 64.2 Å². The van der Waals surface area contributed by atoms with Crippen LogP contribution >= 0.6 is 0 Å². The second-order valence-corrected chi connectivity index (χ2v) is 6.04. The second kappa shape index (κ2) is 6.72. The molecule has 3 rings (SSSR count). The summed E-state index contributed by atoms with van der Waals surface area (Å²) in [6.07, 6.45) is 0.0837. The number of nitrogens with one attached hydrogen (secondary N) is 1. The number of carbonyl (C=O) groups is 2. The van der Waals surface area contributed by atoms with Crippen LogP contribution in [0.25, 0.3) is 0 Å². The SMILES string of the molecule is Cc1ccc(NC(=O)[C@H]2CC(=O)N(c3cccc([N+](=O)[O-])c3)C2)cc1. The van der Waals surface area contributed by atoms with Crippen LogP contribution in [0.5, 0.6) is 0 Å². The van der Waals surface area contributed by atoms with Crippen LogP contribution in [0.2, 0.25) is 0 Å².